The Balaban J connectivity index is 1.70. The predicted octanol–water partition coefficient (Wildman–Crippen LogP) is 2.60. The third-order valence-corrected chi connectivity index (χ3v) is 4.48. The van der Waals surface area contributed by atoms with Crippen LogP contribution in [0.3, 0.4) is 0 Å². The normalized spacial score (nSPS) is 16.0. The summed E-state index contributed by atoms with van der Waals surface area (Å²) < 4.78 is 16.0. The summed E-state index contributed by atoms with van der Waals surface area (Å²) in [6.45, 7) is 5.84. The van der Waals surface area contributed by atoms with Crippen molar-refractivity contribution in [3.05, 3.63) is 48.2 Å². The molecule has 0 bridgehead atoms. The van der Waals surface area contributed by atoms with E-state index in [4.69, 9.17) is 4.98 Å². The first-order valence-electron chi connectivity index (χ1n) is 8.16. The molecule has 0 aromatic carbocycles. The van der Waals surface area contributed by atoms with Gasteiger partial charge in [-0.3, -0.25) is 0 Å². The SMILES string of the molecule is Cc1cn2cc(-c3cccc(N4CCN(C)CC4)n3)cc(F)c2n1. The molecule has 5 nitrogen and oxygen atoms in total. The van der Waals surface area contributed by atoms with E-state index in [0.717, 1.165) is 48.9 Å². The van der Waals surface area contributed by atoms with Gasteiger partial charge in [0.2, 0.25) is 0 Å². The molecule has 4 rings (SSSR count). The first-order chi connectivity index (χ1) is 11.6. The standard InChI is InChI=1S/C18H20FN5/c1-13-11-24-12-14(10-15(19)18(24)20-13)16-4-3-5-17(21-16)23-8-6-22(2)7-9-23/h3-5,10-12H,6-9H2,1-2H3. The number of likely N-dealkylation sites (N-methyl/N-ethyl adjacent to an activating group) is 1. The van der Waals surface area contributed by atoms with Crippen LogP contribution >= 0.6 is 0 Å². The van der Waals surface area contributed by atoms with Crippen molar-refractivity contribution in [3.8, 4) is 11.3 Å². The number of aryl methyl sites for hydroxylation is 1. The zero-order valence-electron chi connectivity index (χ0n) is 13.9. The number of anilines is 1. The molecule has 1 aliphatic heterocycles. The quantitative estimate of drug-likeness (QED) is 0.726. The number of hydrogen-bond acceptors (Lipinski definition) is 4. The summed E-state index contributed by atoms with van der Waals surface area (Å²) in [6.07, 6.45) is 3.71. The molecule has 3 aromatic rings. The van der Waals surface area contributed by atoms with Gasteiger partial charge in [0.1, 0.15) is 5.82 Å². The van der Waals surface area contributed by atoms with Crippen LogP contribution in [0.25, 0.3) is 16.9 Å². The number of hydrogen-bond donors (Lipinski definition) is 0. The maximum absolute atomic E-state index is 14.3. The van der Waals surface area contributed by atoms with Crippen molar-refractivity contribution in [1.82, 2.24) is 19.3 Å². The summed E-state index contributed by atoms with van der Waals surface area (Å²) in [6, 6.07) is 7.43. The van der Waals surface area contributed by atoms with E-state index in [1.54, 1.807) is 4.40 Å². The molecule has 0 aliphatic carbocycles. The van der Waals surface area contributed by atoms with Gasteiger partial charge >= 0.3 is 0 Å². The lowest BCUT2D eigenvalue weighted by Crippen LogP contribution is -2.44. The first-order valence-corrected chi connectivity index (χ1v) is 8.16. The Bertz CT molecular complexity index is 880. The largest absolute Gasteiger partial charge is 0.354 e. The molecule has 124 valence electrons. The molecule has 1 aliphatic rings. The number of imidazole rings is 1. The Morgan fingerprint density at radius 2 is 1.83 bits per heavy atom. The van der Waals surface area contributed by atoms with Crippen LogP contribution in [0.4, 0.5) is 10.2 Å². The summed E-state index contributed by atoms with van der Waals surface area (Å²) in [5, 5.41) is 0. The Morgan fingerprint density at radius 3 is 2.62 bits per heavy atom. The third kappa shape index (κ3) is 2.73. The molecule has 0 N–H and O–H groups in total. The van der Waals surface area contributed by atoms with Crippen molar-refractivity contribution >= 4 is 11.5 Å². The number of halogens is 1. The molecule has 1 fully saturated rings. The average molecular weight is 325 g/mol. The lowest BCUT2D eigenvalue weighted by molar-refractivity contribution is 0.312. The van der Waals surface area contributed by atoms with Gasteiger partial charge in [0.25, 0.3) is 0 Å². The van der Waals surface area contributed by atoms with Gasteiger partial charge in [0.05, 0.1) is 11.4 Å². The highest BCUT2D eigenvalue weighted by molar-refractivity contribution is 5.63. The van der Waals surface area contributed by atoms with E-state index in [9.17, 15) is 4.39 Å². The zero-order valence-corrected chi connectivity index (χ0v) is 13.9. The monoisotopic (exact) mass is 325 g/mol. The van der Waals surface area contributed by atoms with E-state index >= 15 is 0 Å². The van der Waals surface area contributed by atoms with E-state index in [0.29, 0.717) is 5.65 Å². The van der Waals surface area contributed by atoms with Crippen LogP contribution in [-0.4, -0.2) is 52.5 Å². The van der Waals surface area contributed by atoms with Crippen LogP contribution in [0.2, 0.25) is 0 Å². The van der Waals surface area contributed by atoms with Crippen molar-refractivity contribution in [3.63, 3.8) is 0 Å². The second-order valence-electron chi connectivity index (χ2n) is 6.36. The van der Waals surface area contributed by atoms with Gasteiger partial charge in [-0.05, 0) is 32.2 Å². The summed E-state index contributed by atoms with van der Waals surface area (Å²) in [7, 11) is 2.13. The van der Waals surface area contributed by atoms with Crippen molar-refractivity contribution < 1.29 is 4.39 Å². The molecule has 1 saturated heterocycles. The highest BCUT2D eigenvalue weighted by atomic mass is 19.1. The average Bonchev–Trinajstić information content (AvgIpc) is 2.97. The minimum Gasteiger partial charge on any atom is -0.354 e. The number of pyridine rings is 2. The van der Waals surface area contributed by atoms with Gasteiger partial charge in [-0.15, -0.1) is 0 Å². The minimum atomic E-state index is -0.326. The fourth-order valence-corrected chi connectivity index (χ4v) is 3.12. The smallest absolute Gasteiger partial charge is 0.173 e. The Morgan fingerprint density at radius 1 is 1.04 bits per heavy atom. The Kier molecular flexibility index (Phi) is 3.69. The van der Waals surface area contributed by atoms with Gasteiger partial charge in [0.15, 0.2) is 11.5 Å². The molecule has 0 saturated carbocycles. The third-order valence-electron chi connectivity index (χ3n) is 4.48. The van der Waals surface area contributed by atoms with Crippen molar-refractivity contribution in [1.29, 1.82) is 0 Å². The molecule has 4 heterocycles. The Hall–Kier alpha value is -2.47. The fourth-order valence-electron chi connectivity index (χ4n) is 3.12. The molecular formula is C18H20FN5. The van der Waals surface area contributed by atoms with E-state index in [-0.39, 0.29) is 5.82 Å². The predicted molar refractivity (Wildman–Crippen MR) is 92.8 cm³/mol. The van der Waals surface area contributed by atoms with Gasteiger partial charge in [-0.25, -0.2) is 14.4 Å². The van der Waals surface area contributed by atoms with E-state index in [1.807, 2.05) is 37.5 Å². The maximum atomic E-state index is 14.3. The van der Waals surface area contributed by atoms with Gasteiger partial charge in [-0.2, -0.15) is 0 Å². The molecule has 3 aromatic heterocycles. The molecule has 0 amide bonds. The van der Waals surface area contributed by atoms with Crippen LogP contribution in [0.15, 0.2) is 36.7 Å². The molecule has 0 radical (unpaired) electrons. The van der Waals surface area contributed by atoms with Crippen LogP contribution in [0.5, 0.6) is 0 Å². The Labute approximate surface area is 140 Å². The van der Waals surface area contributed by atoms with Crippen molar-refractivity contribution in [2.75, 3.05) is 38.1 Å². The maximum Gasteiger partial charge on any atom is 0.173 e. The highest BCUT2D eigenvalue weighted by Crippen LogP contribution is 2.24. The zero-order chi connectivity index (χ0) is 16.7. The second kappa shape index (κ2) is 5.87. The van der Waals surface area contributed by atoms with Gasteiger partial charge < -0.3 is 14.2 Å². The topological polar surface area (TPSA) is 36.7 Å². The molecule has 24 heavy (non-hydrogen) atoms. The number of rotatable bonds is 2. The van der Waals surface area contributed by atoms with Crippen molar-refractivity contribution in [2.45, 2.75) is 6.92 Å². The fraction of sp³-hybridized carbons (Fsp3) is 0.333. The molecule has 0 atom stereocenters. The van der Waals surface area contributed by atoms with Crippen LogP contribution in [-0.2, 0) is 0 Å². The first kappa shape index (κ1) is 15.1. The highest BCUT2D eigenvalue weighted by Gasteiger charge is 2.16. The number of nitrogens with zero attached hydrogens (tertiary/aromatic N) is 5. The lowest BCUT2D eigenvalue weighted by Gasteiger charge is -2.33. The lowest BCUT2D eigenvalue weighted by atomic mass is 10.2. The molecule has 6 heteroatoms. The molecule has 0 unspecified atom stereocenters. The summed E-state index contributed by atoms with van der Waals surface area (Å²) in [4.78, 5) is 13.5. The van der Waals surface area contributed by atoms with E-state index < -0.39 is 0 Å². The van der Waals surface area contributed by atoms with Crippen LogP contribution in [0.1, 0.15) is 5.69 Å². The van der Waals surface area contributed by atoms with E-state index in [1.165, 1.54) is 6.07 Å². The van der Waals surface area contributed by atoms with Crippen LogP contribution in [0, 0.1) is 12.7 Å². The number of aromatic nitrogens is 3. The summed E-state index contributed by atoms with van der Waals surface area (Å²) in [5.41, 5.74) is 2.68. The summed E-state index contributed by atoms with van der Waals surface area (Å²) in [5.74, 6) is 0.621. The van der Waals surface area contributed by atoms with E-state index in [2.05, 4.69) is 21.8 Å². The van der Waals surface area contributed by atoms with Gasteiger partial charge in [-0.1, -0.05) is 6.07 Å². The summed E-state index contributed by atoms with van der Waals surface area (Å²) >= 11 is 0. The van der Waals surface area contributed by atoms with Crippen molar-refractivity contribution in [2.24, 2.45) is 0 Å². The minimum absolute atomic E-state index is 0.326. The van der Waals surface area contributed by atoms with Crippen LogP contribution < -0.4 is 4.90 Å². The molecule has 0 spiro atoms. The second-order valence-corrected chi connectivity index (χ2v) is 6.36. The molecular weight excluding hydrogens is 305 g/mol. The number of fused-ring (bicyclic) bond motifs is 1. The number of piperazine rings is 1. The van der Waals surface area contributed by atoms with Gasteiger partial charge in [0, 0.05) is 44.1 Å².